The van der Waals surface area contributed by atoms with Gasteiger partial charge in [0.1, 0.15) is 11.2 Å². The molecule has 56 heavy (non-hydrogen) atoms. The number of furan rings is 1. The molecular formula is C54H37NO. The van der Waals surface area contributed by atoms with E-state index in [2.05, 4.69) is 217 Å². The van der Waals surface area contributed by atoms with Gasteiger partial charge in [0, 0.05) is 27.8 Å². The van der Waals surface area contributed by atoms with Gasteiger partial charge in [0.05, 0.1) is 0 Å². The van der Waals surface area contributed by atoms with Crippen molar-refractivity contribution in [2.75, 3.05) is 4.90 Å². The monoisotopic (exact) mass is 715 g/mol. The molecule has 2 nitrogen and oxygen atoms in total. The van der Waals surface area contributed by atoms with Gasteiger partial charge in [-0.3, -0.25) is 0 Å². The minimum Gasteiger partial charge on any atom is -0.456 e. The van der Waals surface area contributed by atoms with Crippen molar-refractivity contribution in [2.45, 2.75) is 0 Å². The Labute approximate surface area is 327 Å². The van der Waals surface area contributed by atoms with Crippen LogP contribution in [-0.2, 0) is 0 Å². The Balaban J connectivity index is 1.05. The van der Waals surface area contributed by atoms with E-state index >= 15 is 0 Å². The van der Waals surface area contributed by atoms with Crippen molar-refractivity contribution in [2.24, 2.45) is 0 Å². The maximum atomic E-state index is 6.30. The molecule has 0 atom stereocenters. The van der Waals surface area contributed by atoms with Crippen molar-refractivity contribution < 1.29 is 4.42 Å². The molecule has 10 aromatic rings. The molecule has 264 valence electrons. The molecular weight excluding hydrogens is 679 g/mol. The van der Waals surface area contributed by atoms with Gasteiger partial charge in [-0.15, -0.1) is 0 Å². The molecule has 2 heteroatoms. The average molecular weight is 716 g/mol. The predicted molar refractivity (Wildman–Crippen MR) is 236 cm³/mol. The molecule has 1 heterocycles. The van der Waals surface area contributed by atoms with Crippen molar-refractivity contribution in [3.05, 3.63) is 224 Å². The van der Waals surface area contributed by atoms with Gasteiger partial charge < -0.3 is 9.32 Å². The van der Waals surface area contributed by atoms with E-state index in [9.17, 15) is 0 Å². The number of benzene rings is 9. The first-order valence-electron chi connectivity index (χ1n) is 19.1. The second kappa shape index (κ2) is 14.4. The quantitative estimate of drug-likeness (QED) is 0.156. The highest BCUT2D eigenvalue weighted by atomic mass is 16.3. The van der Waals surface area contributed by atoms with E-state index in [4.69, 9.17) is 4.42 Å². The van der Waals surface area contributed by atoms with E-state index in [1.54, 1.807) is 0 Å². The largest absolute Gasteiger partial charge is 0.456 e. The van der Waals surface area contributed by atoms with Gasteiger partial charge in [0.25, 0.3) is 0 Å². The zero-order valence-electron chi connectivity index (χ0n) is 30.7. The van der Waals surface area contributed by atoms with E-state index in [0.717, 1.165) is 50.1 Å². The highest BCUT2D eigenvalue weighted by molar-refractivity contribution is 6.13. The summed E-state index contributed by atoms with van der Waals surface area (Å²) in [6, 6.07) is 80.0. The summed E-state index contributed by atoms with van der Waals surface area (Å²) < 4.78 is 6.30. The zero-order chi connectivity index (χ0) is 37.3. The molecule has 10 rings (SSSR count). The molecule has 0 unspecified atom stereocenters. The number of nitrogens with zero attached hydrogens (tertiary/aromatic N) is 1. The first-order valence-corrected chi connectivity index (χ1v) is 19.1. The lowest BCUT2D eigenvalue weighted by Crippen LogP contribution is -2.09. The van der Waals surface area contributed by atoms with Gasteiger partial charge in [-0.05, 0) is 110 Å². The summed E-state index contributed by atoms with van der Waals surface area (Å²) in [4.78, 5) is 2.34. The highest BCUT2D eigenvalue weighted by Gasteiger charge is 2.18. The lowest BCUT2D eigenvalue weighted by atomic mass is 9.89. The molecule has 0 saturated heterocycles. The summed E-state index contributed by atoms with van der Waals surface area (Å²) in [6.45, 7) is 0. The van der Waals surface area contributed by atoms with Crippen LogP contribution in [0.3, 0.4) is 0 Å². The Kier molecular flexibility index (Phi) is 8.55. The van der Waals surface area contributed by atoms with Crippen LogP contribution in [0.5, 0.6) is 0 Å². The van der Waals surface area contributed by atoms with Gasteiger partial charge in [-0.2, -0.15) is 0 Å². The van der Waals surface area contributed by atoms with Crippen molar-refractivity contribution in [3.63, 3.8) is 0 Å². The third kappa shape index (κ3) is 6.24. The van der Waals surface area contributed by atoms with Crippen LogP contribution in [0.15, 0.2) is 229 Å². The number of para-hydroxylation sites is 1. The van der Waals surface area contributed by atoms with Gasteiger partial charge in [0.15, 0.2) is 0 Å². The zero-order valence-corrected chi connectivity index (χ0v) is 30.7. The normalized spacial score (nSPS) is 11.2. The van der Waals surface area contributed by atoms with Crippen molar-refractivity contribution >= 4 is 39.0 Å². The second-order valence-electron chi connectivity index (χ2n) is 14.1. The summed E-state index contributed by atoms with van der Waals surface area (Å²) in [7, 11) is 0. The average Bonchev–Trinajstić information content (AvgIpc) is 3.67. The molecule has 9 aromatic carbocycles. The Bertz CT molecular complexity index is 2830. The standard InChI is InChI=1S/C54H37NO/c1-4-13-38(14-5-1)40-23-30-45(31-24-40)55(46-32-25-41(26-33-46)39-15-6-2-7-16-39)47-34-27-42(28-35-47)44-29-36-48(51(37-44)43-17-8-3-9-18-43)49-20-12-22-53-54(49)50-19-10-11-21-52(50)56-53/h1-37H. The Morgan fingerprint density at radius 2 is 0.696 bits per heavy atom. The third-order valence-electron chi connectivity index (χ3n) is 10.7. The molecule has 0 aliphatic heterocycles. The van der Waals surface area contributed by atoms with Crippen molar-refractivity contribution in [3.8, 4) is 55.6 Å². The first-order chi connectivity index (χ1) is 27.8. The fourth-order valence-corrected chi connectivity index (χ4v) is 7.93. The second-order valence-corrected chi connectivity index (χ2v) is 14.1. The van der Waals surface area contributed by atoms with Crippen LogP contribution in [0.4, 0.5) is 17.1 Å². The molecule has 0 saturated carbocycles. The number of anilines is 3. The van der Waals surface area contributed by atoms with Gasteiger partial charge in [-0.1, -0.05) is 170 Å². The molecule has 0 aliphatic rings. The number of rotatable bonds is 8. The molecule has 0 amide bonds. The fourth-order valence-electron chi connectivity index (χ4n) is 7.93. The predicted octanol–water partition coefficient (Wildman–Crippen LogP) is 15.4. The molecule has 0 radical (unpaired) electrons. The van der Waals surface area contributed by atoms with E-state index in [-0.39, 0.29) is 0 Å². The lowest BCUT2D eigenvalue weighted by molar-refractivity contribution is 0.669. The van der Waals surface area contributed by atoms with Crippen molar-refractivity contribution in [1.29, 1.82) is 0 Å². The molecule has 1 aromatic heterocycles. The molecule has 0 aliphatic carbocycles. The van der Waals surface area contributed by atoms with E-state index < -0.39 is 0 Å². The van der Waals surface area contributed by atoms with Gasteiger partial charge in [-0.25, -0.2) is 0 Å². The SMILES string of the molecule is c1ccc(-c2ccc(N(c3ccc(-c4ccccc4)cc3)c3ccc(-c4ccc(-c5cccc6oc7ccccc7c56)c(-c5ccccc5)c4)cc3)cc2)cc1. The molecule has 0 N–H and O–H groups in total. The Morgan fingerprint density at radius 3 is 1.25 bits per heavy atom. The Morgan fingerprint density at radius 1 is 0.268 bits per heavy atom. The van der Waals surface area contributed by atoms with Crippen molar-refractivity contribution in [1.82, 2.24) is 0 Å². The van der Waals surface area contributed by atoms with Crippen LogP contribution in [0, 0.1) is 0 Å². The van der Waals surface area contributed by atoms with Crippen LogP contribution in [0.2, 0.25) is 0 Å². The lowest BCUT2D eigenvalue weighted by Gasteiger charge is -2.26. The van der Waals surface area contributed by atoms with Gasteiger partial charge in [0.2, 0.25) is 0 Å². The van der Waals surface area contributed by atoms with Crippen LogP contribution < -0.4 is 4.90 Å². The maximum absolute atomic E-state index is 6.30. The number of hydrogen-bond donors (Lipinski definition) is 0. The van der Waals surface area contributed by atoms with Crippen LogP contribution in [-0.4, -0.2) is 0 Å². The van der Waals surface area contributed by atoms with Crippen LogP contribution >= 0.6 is 0 Å². The molecule has 0 fully saturated rings. The van der Waals surface area contributed by atoms with E-state index in [1.165, 1.54) is 44.5 Å². The topological polar surface area (TPSA) is 16.4 Å². The summed E-state index contributed by atoms with van der Waals surface area (Å²) in [6.07, 6.45) is 0. The maximum Gasteiger partial charge on any atom is 0.136 e. The summed E-state index contributed by atoms with van der Waals surface area (Å²) in [5.74, 6) is 0. The smallest absolute Gasteiger partial charge is 0.136 e. The Hall–Kier alpha value is -7.42. The first kappa shape index (κ1) is 33.2. The molecule has 0 spiro atoms. The number of fused-ring (bicyclic) bond motifs is 3. The van der Waals surface area contributed by atoms with Crippen LogP contribution in [0.1, 0.15) is 0 Å². The van der Waals surface area contributed by atoms with Gasteiger partial charge >= 0.3 is 0 Å². The van der Waals surface area contributed by atoms with Crippen LogP contribution in [0.25, 0.3) is 77.6 Å². The summed E-state index contributed by atoms with van der Waals surface area (Å²) >= 11 is 0. The molecule has 0 bridgehead atoms. The summed E-state index contributed by atoms with van der Waals surface area (Å²) in [5.41, 5.74) is 16.9. The van der Waals surface area contributed by atoms with E-state index in [0.29, 0.717) is 0 Å². The summed E-state index contributed by atoms with van der Waals surface area (Å²) in [5, 5.41) is 2.27. The van der Waals surface area contributed by atoms with E-state index in [1.807, 2.05) is 12.1 Å². The third-order valence-corrected chi connectivity index (χ3v) is 10.7. The fraction of sp³-hybridized carbons (Fsp3) is 0. The highest BCUT2D eigenvalue weighted by Crippen LogP contribution is 2.43. The minimum absolute atomic E-state index is 0.899. The minimum atomic E-state index is 0.899. The number of hydrogen-bond acceptors (Lipinski definition) is 2.